The largest absolute Gasteiger partial charge is 0.370 e. The number of unbranched alkanes of at least 4 members (excludes halogenated alkanes) is 1. The average molecular weight is 1070 g/mol. The zero-order valence-electron chi connectivity index (χ0n) is 43.7. The Labute approximate surface area is 447 Å². The molecule has 2 aromatic rings. The number of aliphatic imine (C=N–C) groups is 2. The molecule has 0 aromatic heterocycles. The summed E-state index contributed by atoms with van der Waals surface area (Å²) in [6, 6.07) is 7.96. The summed E-state index contributed by atoms with van der Waals surface area (Å²) in [5.74, 6) is -7.71. The van der Waals surface area contributed by atoms with E-state index in [-0.39, 0.29) is 101 Å². The second-order valence-corrected chi connectivity index (χ2v) is 19.5. The van der Waals surface area contributed by atoms with Gasteiger partial charge in [-0.2, -0.15) is 0 Å². The van der Waals surface area contributed by atoms with Crippen LogP contribution < -0.4 is 71.6 Å². The summed E-state index contributed by atoms with van der Waals surface area (Å²) < 4.78 is 0. The van der Waals surface area contributed by atoms with Crippen molar-refractivity contribution in [3.05, 3.63) is 71.8 Å². The van der Waals surface area contributed by atoms with Gasteiger partial charge in [0.1, 0.15) is 48.3 Å². The number of hydrogen-bond donors (Lipinski definition) is 13. The fraction of sp³-hybridized carbons (Fsp3) is 0.529. The molecule has 0 bridgehead atoms. The molecule has 0 aliphatic carbocycles. The maximum Gasteiger partial charge on any atom is 0.245 e. The molecule has 19 N–H and O–H groups in total. The van der Waals surface area contributed by atoms with Gasteiger partial charge >= 0.3 is 0 Å². The minimum absolute atomic E-state index is 0.0384. The van der Waals surface area contributed by atoms with Gasteiger partial charge in [-0.3, -0.25) is 57.9 Å². The summed E-state index contributed by atoms with van der Waals surface area (Å²) in [5.41, 5.74) is 34.0. The highest BCUT2D eigenvalue weighted by Gasteiger charge is 2.40. The Morgan fingerprint density at radius 3 is 1.62 bits per heavy atom. The molecule has 8 atom stereocenters. The third kappa shape index (κ3) is 21.1. The highest BCUT2D eigenvalue weighted by atomic mass is 16.2. The third-order valence-corrected chi connectivity index (χ3v) is 12.8. The van der Waals surface area contributed by atoms with Gasteiger partial charge in [-0.15, -0.1) is 0 Å². The molecule has 26 heteroatoms. The Morgan fingerprint density at radius 2 is 1.09 bits per heavy atom. The molecule has 2 aromatic carbocycles. The van der Waals surface area contributed by atoms with E-state index in [2.05, 4.69) is 47.2 Å². The average Bonchev–Trinajstić information content (AvgIpc) is 4.06. The molecule has 0 unspecified atom stereocenters. The number of likely N-dealkylation sites (tertiary alicyclic amines) is 1. The first kappa shape index (κ1) is 61.2. The SMILES string of the molecule is CC(C)C[C@H](NC(=O)[C@H](Cc1ccccc1)NC(=O)[C@@H]1CCC(=O)N1)C(=O)N[C@@H](Cc1ccccc1)C(=O)N[C@@H](CCCCN=C(N)N)C(=O)N1CCC[C@H]1C(=O)N[C@@H](CCCN=C(N)N)C(=O)N[C@@H](CC(N)=O)C(N)=O. The molecule has 26 nitrogen and oxygen atoms in total. The Hall–Kier alpha value is -8.32. The maximum atomic E-state index is 14.8. The Balaban J connectivity index is 1.61. The van der Waals surface area contributed by atoms with Crippen molar-refractivity contribution >= 4 is 71.0 Å². The van der Waals surface area contributed by atoms with E-state index in [1.165, 1.54) is 4.90 Å². The summed E-state index contributed by atoms with van der Waals surface area (Å²) in [6.07, 6.45) is 1.32. The van der Waals surface area contributed by atoms with Crippen molar-refractivity contribution < 1.29 is 47.9 Å². The topological polar surface area (TPSA) is 439 Å². The lowest BCUT2D eigenvalue weighted by Crippen LogP contribution is -2.60. The van der Waals surface area contributed by atoms with E-state index in [1.807, 2.05) is 13.8 Å². The van der Waals surface area contributed by atoms with Crippen LogP contribution in [0.15, 0.2) is 70.6 Å². The molecule has 2 heterocycles. The number of hydrogen-bond acceptors (Lipinski definition) is 12. The van der Waals surface area contributed by atoms with E-state index in [0.29, 0.717) is 24.8 Å². The van der Waals surface area contributed by atoms with Gasteiger partial charge in [0.05, 0.1) is 6.42 Å². The van der Waals surface area contributed by atoms with Gasteiger partial charge in [-0.05, 0) is 74.8 Å². The molecule has 0 radical (unpaired) electrons. The maximum absolute atomic E-state index is 14.8. The van der Waals surface area contributed by atoms with Crippen molar-refractivity contribution in [1.82, 2.24) is 42.1 Å². The Morgan fingerprint density at radius 1 is 0.597 bits per heavy atom. The van der Waals surface area contributed by atoms with Gasteiger partial charge in [0.15, 0.2) is 11.9 Å². The zero-order valence-corrected chi connectivity index (χ0v) is 43.7. The molecule has 4 rings (SSSR count). The molecule has 2 fully saturated rings. The van der Waals surface area contributed by atoms with E-state index >= 15 is 0 Å². The number of primary amides is 2. The van der Waals surface area contributed by atoms with E-state index in [0.717, 1.165) is 5.56 Å². The normalized spacial score (nSPS) is 17.2. The quantitative estimate of drug-likeness (QED) is 0.0199. The molecule has 420 valence electrons. The van der Waals surface area contributed by atoms with Gasteiger partial charge in [-0.25, -0.2) is 0 Å². The van der Waals surface area contributed by atoms with Crippen LogP contribution in [0.1, 0.15) is 95.6 Å². The van der Waals surface area contributed by atoms with Crippen LogP contribution in [-0.2, 0) is 60.8 Å². The number of carbonyl (C=O) groups is 10. The predicted molar refractivity (Wildman–Crippen MR) is 285 cm³/mol. The van der Waals surface area contributed by atoms with Crippen LogP contribution in [0.2, 0.25) is 0 Å². The summed E-state index contributed by atoms with van der Waals surface area (Å²) >= 11 is 0. The first-order valence-electron chi connectivity index (χ1n) is 25.8. The van der Waals surface area contributed by atoms with Gasteiger partial charge in [0.2, 0.25) is 59.1 Å². The standard InChI is InChI=1S/C51H76N16O10/c1-29(2)25-36(64-47(75)38(27-31-15-7-4-8-16-31)65-44(72)33-20-21-41(69)60-33)45(73)66-37(26-30-13-5-3-6-14-30)46(74)62-34(17-9-10-22-58-50(54)55)49(77)67-24-12-19-39(67)48(76)61-32(18-11-23-59-51(56)57)43(71)63-35(42(53)70)28-40(52)68/h3-8,13-16,29,32-39H,9-12,17-28H2,1-2H3,(H2,52,68)(H2,53,70)(H,60,69)(H,61,76)(H,62,74)(H,63,71)(H,64,75)(H,65,72)(H,66,73)(H4,54,55,58)(H4,56,57,59)/t32-,33-,34-,35-,36-,37-,38-,39-/m0/s1. The molecule has 0 spiro atoms. The van der Waals surface area contributed by atoms with Crippen molar-refractivity contribution in [3.63, 3.8) is 0 Å². The van der Waals surface area contributed by atoms with Crippen LogP contribution in [0, 0.1) is 5.92 Å². The lowest BCUT2D eigenvalue weighted by atomic mass is 9.99. The van der Waals surface area contributed by atoms with Gasteiger partial charge in [0, 0.05) is 38.9 Å². The smallest absolute Gasteiger partial charge is 0.245 e. The first-order chi connectivity index (χ1) is 36.6. The first-order valence-corrected chi connectivity index (χ1v) is 25.8. The van der Waals surface area contributed by atoms with Gasteiger partial charge in [0.25, 0.3) is 0 Å². The van der Waals surface area contributed by atoms with Crippen LogP contribution in [-0.4, -0.2) is 144 Å². The second kappa shape index (κ2) is 30.9. The number of benzene rings is 2. The van der Waals surface area contributed by atoms with Crippen molar-refractivity contribution in [1.29, 1.82) is 0 Å². The number of guanidine groups is 2. The van der Waals surface area contributed by atoms with Crippen molar-refractivity contribution in [3.8, 4) is 0 Å². The van der Waals surface area contributed by atoms with Crippen LogP contribution in [0.25, 0.3) is 0 Å². The summed E-state index contributed by atoms with van der Waals surface area (Å²) in [5, 5.41) is 18.9. The van der Waals surface area contributed by atoms with E-state index in [1.54, 1.807) is 60.7 Å². The minimum atomic E-state index is -1.49. The number of rotatable bonds is 31. The van der Waals surface area contributed by atoms with Gasteiger partial charge < -0.3 is 76.5 Å². The van der Waals surface area contributed by atoms with Crippen molar-refractivity contribution in [2.75, 3.05) is 19.6 Å². The van der Waals surface area contributed by atoms with Crippen molar-refractivity contribution in [2.45, 2.75) is 146 Å². The highest BCUT2D eigenvalue weighted by Crippen LogP contribution is 2.21. The lowest BCUT2D eigenvalue weighted by Gasteiger charge is -2.31. The molecular weight excluding hydrogens is 997 g/mol. The molecule has 77 heavy (non-hydrogen) atoms. The molecule has 2 aliphatic heterocycles. The number of nitrogens with zero attached hydrogens (tertiary/aromatic N) is 3. The summed E-state index contributed by atoms with van der Waals surface area (Å²) in [7, 11) is 0. The second-order valence-electron chi connectivity index (χ2n) is 19.5. The van der Waals surface area contributed by atoms with Crippen molar-refractivity contribution in [2.24, 2.45) is 50.3 Å². The number of carbonyl (C=O) groups excluding carboxylic acids is 10. The number of amides is 10. The van der Waals surface area contributed by atoms with Crippen LogP contribution in [0.4, 0.5) is 0 Å². The van der Waals surface area contributed by atoms with Gasteiger partial charge in [-0.1, -0.05) is 74.5 Å². The summed E-state index contributed by atoms with van der Waals surface area (Å²) in [4.78, 5) is 144. The summed E-state index contributed by atoms with van der Waals surface area (Å²) in [6.45, 7) is 4.05. The molecule has 2 aliphatic rings. The van der Waals surface area contributed by atoms with Crippen LogP contribution >= 0.6 is 0 Å². The monoisotopic (exact) mass is 1070 g/mol. The lowest BCUT2D eigenvalue weighted by molar-refractivity contribution is -0.142. The number of nitrogens with one attached hydrogen (secondary N) is 7. The third-order valence-electron chi connectivity index (χ3n) is 12.8. The fourth-order valence-corrected chi connectivity index (χ4v) is 8.89. The van der Waals surface area contributed by atoms with E-state index < -0.39 is 108 Å². The Kier molecular flexibility index (Phi) is 24.6. The fourth-order valence-electron chi connectivity index (χ4n) is 8.89. The molecule has 10 amide bonds. The number of nitrogens with two attached hydrogens (primary N) is 6. The molecule has 2 saturated heterocycles. The zero-order chi connectivity index (χ0) is 56.6. The Bertz CT molecular complexity index is 2430. The highest BCUT2D eigenvalue weighted by molar-refractivity contribution is 5.99. The minimum Gasteiger partial charge on any atom is -0.370 e. The van der Waals surface area contributed by atoms with Crippen LogP contribution in [0.3, 0.4) is 0 Å². The van der Waals surface area contributed by atoms with Crippen LogP contribution in [0.5, 0.6) is 0 Å². The van der Waals surface area contributed by atoms with E-state index in [9.17, 15) is 47.9 Å². The predicted octanol–water partition coefficient (Wildman–Crippen LogP) is -3.45. The molecule has 0 saturated carbocycles. The van der Waals surface area contributed by atoms with E-state index in [4.69, 9.17) is 34.4 Å². The molecular formula is C51H76N16O10.